The van der Waals surface area contributed by atoms with E-state index in [0.717, 1.165) is 0 Å². The number of hydrogen-bond donors (Lipinski definition) is 2. The molecular weight excluding hydrogens is 336 g/mol. The maximum Gasteiger partial charge on any atom is 0.328 e. The number of ether oxygens (including phenoxy) is 1. The van der Waals surface area contributed by atoms with E-state index in [1.54, 1.807) is 25.1 Å². The summed E-state index contributed by atoms with van der Waals surface area (Å²) in [6.45, 7) is 11.6. The first-order valence-electron chi connectivity index (χ1n) is 7.32. The van der Waals surface area contributed by atoms with Gasteiger partial charge >= 0.3 is 5.97 Å². The Labute approximate surface area is 145 Å². The minimum atomic E-state index is -1.16. The average Bonchev–Trinajstić information content (AvgIpc) is 2.45. The van der Waals surface area contributed by atoms with Gasteiger partial charge in [0.2, 0.25) is 11.4 Å². The van der Waals surface area contributed by atoms with Crippen LogP contribution in [0.15, 0.2) is 24.8 Å². The summed E-state index contributed by atoms with van der Waals surface area (Å²) in [6, 6.07) is 4.52. The minimum absolute atomic E-state index is 0.270. The van der Waals surface area contributed by atoms with Crippen molar-refractivity contribution in [3.05, 3.63) is 35.6 Å². The molecule has 128 valence electrons. The number of carbonyl (C=O) groups is 1. The average molecular weight is 360 g/mol. The second-order valence-electron chi connectivity index (χ2n) is 5.97. The third-order valence-corrected chi connectivity index (χ3v) is 4.81. The molecule has 0 aliphatic rings. The number of pyridine rings is 1. The Morgan fingerprint density at radius 3 is 2.70 bits per heavy atom. The predicted molar refractivity (Wildman–Crippen MR) is 96.2 cm³/mol. The van der Waals surface area contributed by atoms with Gasteiger partial charge < -0.3 is 4.74 Å². The van der Waals surface area contributed by atoms with Crippen LogP contribution in [-0.2, 0) is 20.9 Å². The van der Waals surface area contributed by atoms with Gasteiger partial charge in [0.15, 0.2) is 10.8 Å². The molecule has 0 radical (unpaired) electrons. The smallest absolute Gasteiger partial charge is 0.328 e. The fourth-order valence-corrected chi connectivity index (χ4v) is 2.65. The molecule has 0 aromatic carbocycles. The quantitative estimate of drug-likeness (QED) is 0.443. The van der Waals surface area contributed by atoms with E-state index in [0.29, 0.717) is 16.4 Å². The maximum absolute atomic E-state index is 12.2. The van der Waals surface area contributed by atoms with Crippen molar-refractivity contribution in [3.63, 3.8) is 0 Å². The van der Waals surface area contributed by atoms with Crippen molar-refractivity contribution in [1.29, 1.82) is 0 Å². The topological polar surface area (TPSA) is 71.5 Å². The van der Waals surface area contributed by atoms with Crippen LogP contribution < -0.4 is 4.72 Å². The van der Waals surface area contributed by atoms with Gasteiger partial charge in [0, 0.05) is 6.42 Å². The van der Waals surface area contributed by atoms with Crippen LogP contribution in [0.3, 0.4) is 0 Å². The SMILES string of the molecule is C=C(C[C@@H](N[S+](O)C(C)(C)C)C(=O)OCC)c1cccc(Cl)n1. The third kappa shape index (κ3) is 6.51. The monoisotopic (exact) mass is 359 g/mol. The van der Waals surface area contributed by atoms with E-state index in [-0.39, 0.29) is 17.8 Å². The van der Waals surface area contributed by atoms with Gasteiger partial charge in [-0.2, -0.15) is 4.55 Å². The molecule has 0 saturated heterocycles. The minimum Gasteiger partial charge on any atom is -0.465 e. The Balaban J connectivity index is 2.88. The molecule has 1 heterocycles. The number of carbonyl (C=O) groups excluding carboxylic acids is 1. The fraction of sp³-hybridized carbons (Fsp3) is 0.500. The van der Waals surface area contributed by atoms with Crippen molar-refractivity contribution in [2.45, 2.75) is 44.9 Å². The summed E-state index contributed by atoms with van der Waals surface area (Å²) in [5.41, 5.74) is 1.26. The highest BCUT2D eigenvalue weighted by molar-refractivity contribution is 7.90. The van der Waals surface area contributed by atoms with Crippen LogP contribution in [0.2, 0.25) is 5.15 Å². The standard InChI is InChI=1S/C16H24ClN2O3S/c1-6-22-15(20)13(19-23(21)16(3,4)5)10-11(2)12-8-7-9-14(17)18-12/h7-9,13,19,21H,2,6,10H2,1,3-5H3/q+1/t13-,23?/m1/s1. The molecular formula is C16H24ClN2O3S+. The number of hydrogen-bond acceptors (Lipinski definition) is 5. The summed E-state index contributed by atoms with van der Waals surface area (Å²) >= 11 is 4.73. The summed E-state index contributed by atoms with van der Waals surface area (Å²) in [7, 11) is 0. The summed E-state index contributed by atoms with van der Waals surface area (Å²) in [6.07, 6.45) is 0.270. The Morgan fingerprint density at radius 2 is 2.17 bits per heavy atom. The first-order chi connectivity index (χ1) is 10.6. The summed E-state index contributed by atoms with van der Waals surface area (Å²) in [5.74, 6) is -0.425. The molecule has 0 fully saturated rings. The molecule has 23 heavy (non-hydrogen) atoms. The second kappa shape index (κ2) is 8.68. The number of nitrogens with zero attached hydrogens (tertiary/aromatic N) is 1. The highest BCUT2D eigenvalue weighted by Gasteiger charge is 2.39. The largest absolute Gasteiger partial charge is 0.465 e. The Kier molecular flexibility index (Phi) is 7.54. The highest BCUT2D eigenvalue weighted by Crippen LogP contribution is 2.21. The Morgan fingerprint density at radius 1 is 1.52 bits per heavy atom. The number of aromatic nitrogens is 1. The van der Waals surface area contributed by atoms with Crippen molar-refractivity contribution in [2.24, 2.45) is 0 Å². The lowest BCUT2D eigenvalue weighted by molar-refractivity contribution is -0.144. The van der Waals surface area contributed by atoms with E-state index in [1.165, 1.54) is 0 Å². The zero-order chi connectivity index (χ0) is 17.6. The van der Waals surface area contributed by atoms with Crippen LogP contribution in [0, 0.1) is 0 Å². The fourth-order valence-electron chi connectivity index (χ4n) is 1.68. The zero-order valence-electron chi connectivity index (χ0n) is 13.9. The predicted octanol–water partition coefficient (Wildman–Crippen LogP) is 3.46. The molecule has 7 heteroatoms. The van der Waals surface area contributed by atoms with Crippen molar-refractivity contribution < 1.29 is 14.1 Å². The highest BCUT2D eigenvalue weighted by atomic mass is 35.5. The van der Waals surface area contributed by atoms with Gasteiger partial charge in [0.25, 0.3) is 0 Å². The Hall–Kier alpha value is -1.08. The lowest BCUT2D eigenvalue weighted by Gasteiger charge is -2.20. The van der Waals surface area contributed by atoms with Crippen molar-refractivity contribution in [2.75, 3.05) is 6.61 Å². The number of esters is 1. The summed E-state index contributed by atoms with van der Waals surface area (Å²) < 4.78 is 17.9. The summed E-state index contributed by atoms with van der Waals surface area (Å²) in [5, 5.41) is 0.362. The molecule has 0 spiro atoms. The normalized spacial score (nSPS) is 14.2. The van der Waals surface area contributed by atoms with Crippen LogP contribution in [-0.4, -0.2) is 32.9 Å². The second-order valence-corrected chi connectivity index (χ2v) is 8.39. The molecule has 5 nitrogen and oxygen atoms in total. The zero-order valence-corrected chi connectivity index (χ0v) is 15.5. The Bertz CT molecular complexity index is 561. The van der Waals surface area contributed by atoms with Gasteiger partial charge in [-0.15, -0.1) is 0 Å². The van der Waals surface area contributed by atoms with Crippen LogP contribution in [0.4, 0.5) is 0 Å². The molecule has 0 aliphatic heterocycles. The van der Waals surface area contributed by atoms with E-state index >= 15 is 0 Å². The lowest BCUT2D eigenvalue weighted by Crippen LogP contribution is -2.48. The number of rotatable bonds is 7. The molecule has 2 atom stereocenters. The first-order valence-corrected chi connectivity index (χ1v) is 8.88. The molecule has 2 N–H and O–H groups in total. The first kappa shape index (κ1) is 20.0. The van der Waals surface area contributed by atoms with Crippen molar-refractivity contribution in [3.8, 4) is 0 Å². The van der Waals surface area contributed by atoms with Crippen LogP contribution in [0.5, 0.6) is 0 Å². The lowest BCUT2D eigenvalue weighted by atomic mass is 10.1. The third-order valence-electron chi connectivity index (χ3n) is 2.93. The molecule has 1 aromatic heterocycles. The number of halogens is 1. The van der Waals surface area contributed by atoms with E-state index in [2.05, 4.69) is 16.3 Å². The molecule has 1 unspecified atom stereocenters. The van der Waals surface area contributed by atoms with Crippen LogP contribution in [0.1, 0.15) is 39.8 Å². The summed E-state index contributed by atoms with van der Waals surface area (Å²) in [4.78, 5) is 16.3. The van der Waals surface area contributed by atoms with Gasteiger partial charge in [0.1, 0.15) is 5.15 Å². The molecule has 0 amide bonds. The van der Waals surface area contributed by atoms with Crippen molar-refractivity contribution >= 4 is 34.5 Å². The van der Waals surface area contributed by atoms with E-state index in [4.69, 9.17) is 16.3 Å². The molecule has 0 aliphatic carbocycles. The van der Waals surface area contributed by atoms with E-state index in [1.807, 2.05) is 20.8 Å². The van der Waals surface area contributed by atoms with Gasteiger partial charge in [-0.1, -0.05) is 29.0 Å². The van der Waals surface area contributed by atoms with Gasteiger partial charge in [-0.05, 0) is 45.4 Å². The van der Waals surface area contributed by atoms with Crippen LogP contribution >= 0.6 is 11.6 Å². The molecule has 1 rings (SSSR count). The molecule has 0 bridgehead atoms. The van der Waals surface area contributed by atoms with E-state index < -0.39 is 23.4 Å². The number of nitrogens with one attached hydrogen (secondary N) is 1. The maximum atomic E-state index is 12.2. The van der Waals surface area contributed by atoms with Crippen LogP contribution in [0.25, 0.3) is 5.57 Å². The van der Waals surface area contributed by atoms with Gasteiger partial charge in [0.05, 0.1) is 12.3 Å². The van der Waals surface area contributed by atoms with E-state index in [9.17, 15) is 9.35 Å². The molecule has 0 saturated carbocycles. The van der Waals surface area contributed by atoms with Gasteiger partial charge in [-0.3, -0.25) is 4.79 Å². The van der Waals surface area contributed by atoms with Gasteiger partial charge in [-0.25, -0.2) is 4.98 Å². The molecule has 1 aromatic rings. The van der Waals surface area contributed by atoms with Crippen molar-refractivity contribution in [1.82, 2.24) is 9.71 Å².